The molecule has 2 amide bonds. The van der Waals surface area contributed by atoms with Gasteiger partial charge < -0.3 is 19.6 Å². The van der Waals surface area contributed by atoms with Crippen LogP contribution in [-0.4, -0.2) is 78.6 Å². The molecule has 2 heterocycles. The molecule has 0 fully saturated rings. The summed E-state index contributed by atoms with van der Waals surface area (Å²) in [7, 11) is -2.61. The molecule has 3 aromatic rings. The van der Waals surface area contributed by atoms with Crippen molar-refractivity contribution in [3.05, 3.63) is 76.6 Å². The number of nitrogens with zero attached hydrogens (tertiary/aromatic N) is 4. The molecule has 1 aliphatic heterocycles. The van der Waals surface area contributed by atoms with Gasteiger partial charge in [-0.05, 0) is 67.4 Å². The Labute approximate surface area is 249 Å². The van der Waals surface area contributed by atoms with Crippen LogP contribution in [0.2, 0.25) is 0 Å². The van der Waals surface area contributed by atoms with Crippen LogP contribution in [0.25, 0.3) is 5.69 Å². The summed E-state index contributed by atoms with van der Waals surface area (Å²) in [6.07, 6.45) is 5.84. The number of aliphatic hydroxyl groups is 1. The van der Waals surface area contributed by atoms with Crippen molar-refractivity contribution in [1.29, 1.82) is 0 Å². The van der Waals surface area contributed by atoms with Crippen molar-refractivity contribution >= 4 is 33.1 Å². The topological polar surface area (TPSA) is 108 Å². The highest BCUT2D eigenvalue weighted by molar-refractivity contribution is 8.00. The lowest BCUT2D eigenvalue weighted by Gasteiger charge is -2.36. The maximum Gasteiger partial charge on any atom is 0.274 e. The van der Waals surface area contributed by atoms with E-state index in [1.807, 2.05) is 36.1 Å². The minimum Gasteiger partial charge on any atom is -0.394 e. The van der Waals surface area contributed by atoms with E-state index in [-0.39, 0.29) is 18.4 Å². The molecule has 1 aromatic heterocycles. The molecule has 0 radical (unpaired) electrons. The first-order valence-electron chi connectivity index (χ1n) is 14.6. The van der Waals surface area contributed by atoms with Gasteiger partial charge in [-0.25, -0.2) is 8.89 Å². The summed E-state index contributed by atoms with van der Waals surface area (Å²) in [5.41, 5.74) is 4.48. The number of aromatic nitrogens is 2. The Hall–Kier alpha value is -3.63. The van der Waals surface area contributed by atoms with Crippen LogP contribution in [0, 0.1) is 6.92 Å². The number of benzene rings is 2. The molecule has 0 bridgehead atoms. The molecule has 0 saturated carbocycles. The summed E-state index contributed by atoms with van der Waals surface area (Å²) in [5.74, 6) is 3.27. The lowest BCUT2D eigenvalue weighted by molar-refractivity contribution is 0.0544. The van der Waals surface area contributed by atoms with Gasteiger partial charge in [0.05, 0.1) is 23.9 Å². The van der Waals surface area contributed by atoms with Gasteiger partial charge in [0.15, 0.2) is 5.69 Å². The Bertz CT molecular complexity index is 1520. The van der Waals surface area contributed by atoms with Gasteiger partial charge in [0.1, 0.15) is 0 Å². The van der Waals surface area contributed by atoms with Crippen LogP contribution in [-0.2, 0) is 22.7 Å². The number of unbranched alkanes of at least 4 members (excludes halogenated alkanes) is 2. The zero-order valence-electron chi connectivity index (χ0n) is 25.1. The number of aryl methyl sites for hydroxylation is 1. The van der Waals surface area contributed by atoms with Gasteiger partial charge in [-0.3, -0.25) is 9.59 Å². The maximum absolute atomic E-state index is 14.3. The Balaban J connectivity index is 1.76. The molecule has 226 valence electrons. The lowest BCUT2D eigenvalue weighted by Crippen LogP contribution is -2.46. The van der Waals surface area contributed by atoms with E-state index in [4.69, 9.17) is 5.10 Å². The third kappa shape index (κ3) is 7.22. The number of fused-ring (bicyclic) bond motifs is 1. The zero-order valence-corrected chi connectivity index (χ0v) is 26.0. The fourth-order valence-electron chi connectivity index (χ4n) is 5.35. The van der Waals surface area contributed by atoms with Crippen LogP contribution in [0.4, 0.5) is 5.69 Å². The number of carbonyl (C=O) groups excluding carboxylic acids is 2. The van der Waals surface area contributed by atoms with Crippen molar-refractivity contribution in [2.75, 3.05) is 30.7 Å². The second-order valence-corrected chi connectivity index (χ2v) is 13.4. The highest BCUT2D eigenvalue weighted by Crippen LogP contribution is 2.29. The maximum atomic E-state index is 14.3. The van der Waals surface area contributed by atoms with Gasteiger partial charge in [0.25, 0.3) is 11.8 Å². The molecule has 1 unspecified atom stereocenters. The smallest absolute Gasteiger partial charge is 0.274 e. The molecule has 0 saturated heterocycles. The first kappa shape index (κ1) is 31.3. The van der Waals surface area contributed by atoms with Crippen molar-refractivity contribution in [3.8, 4) is 5.69 Å². The second kappa shape index (κ2) is 13.6. The highest BCUT2D eigenvalue weighted by atomic mass is 32.2. The Morgan fingerprint density at radius 2 is 1.76 bits per heavy atom. The monoisotopic (exact) mass is 593 g/mol. The van der Waals surface area contributed by atoms with E-state index in [2.05, 4.69) is 24.4 Å². The molecule has 9 nitrogen and oxygen atoms in total. The molecular formula is C32H43N5O4S. The van der Waals surface area contributed by atoms with Crippen molar-refractivity contribution < 1.29 is 18.9 Å². The van der Waals surface area contributed by atoms with E-state index in [0.29, 0.717) is 54.4 Å². The van der Waals surface area contributed by atoms with Crippen LogP contribution in [0.3, 0.4) is 0 Å². The highest BCUT2D eigenvalue weighted by Gasteiger charge is 2.32. The van der Waals surface area contributed by atoms with Crippen LogP contribution in [0.1, 0.15) is 77.2 Å². The van der Waals surface area contributed by atoms with Crippen LogP contribution in [0.5, 0.6) is 0 Å². The minimum atomic E-state index is -2.61. The number of anilines is 1. The number of hydrogen-bond acceptors (Lipinski definition) is 5. The number of rotatable bonds is 12. The van der Waals surface area contributed by atoms with Crippen molar-refractivity contribution in [1.82, 2.24) is 19.6 Å². The third-order valence-corrected chi connectivity index (χ3v) is 8.24. The molecule has 2 atom stereocenters. The fraction of sp³-hybridized carbons (Fsp3) is 0.438. The average Bonchev–Trinajstić information content (AvgIpc) is 3.36. The van der Waals surface area contributed by atoms with Crippen LogP contribution < -0.4 is 4.72 Å². The summed E-state index contributed by atoms with van der Waals surface area (Å²) in [6.45, 7) is 7.58. The largest absolute Gasteiger partial charge is 0.394 e. The molecule has 4 rings (SSSR count). The SMILES string of the molecule is C=S(C)(=O)Nc1ccc(-n2nc(C(=O)N(CCCC)CCCC)cc2C)c(C(=O)N2Cc3ccccc3C[C@H]2CO)c1. The van der Waals surface area contributed by atoms with E-state index in [1.165, 1.54) is 6.26 Å². The number of aliphatic hydroxyl groups excluding tert-OH is 1. The molecule has 1 aliphatic rings. The molecule has 2 N–H and O–H groups in total. The minimum absolute atomic E-state index is 0.124. The van der Waals surface area contributed by atoms with Gasteiger partial charge in [-0.1, -0.05) is 51.0 Å². The zero-order chi connectivity index (χ0) is 30.4. The predicted octanol–water partition coefficient (Wildman–Crippen LogP) is 4.46. The van der Waals surface area contributed by atoms with Gasteiger partial charge >= 0.3 is 0 Å². The standard InChI is InChI=1S/C32H43N5O4S/c1-6-8-16-35(17-9-7-2)32(40)29-18-23(3)37(33-29)30-15-14-26(34-42(4,5)41)20-28(30)31(39)36-21-25-13-11-10-12-24(25)19-27(36)22-38/h10-15,18,20,27,38H,4,6-9,16-17,19,21-22H2,1-3,5H3,(H,34,41)/t27-,42?/m0/s1. The van der Waals surface area contributed by atoms with E-state index in [1.54, 1.807) is 33.8 Å². The molecule has 0 aliphatic carbocycles. The lowest BCUT2D eigenvalue weighted by atomic mass is 9.93. The molecular weight excluding hydrogens is 550 g/mol. The molecule has 42 heavy (non-hydrogen) atoms. The number of carbonyl (C=O) groups is 2. The Morgan fingerprint density at radius 3 is 2.38 bits per heavy atom. The second-order valence-electron chi connectivity index (χ2n) is 11.2. The number of amides is 2. The normalized spacial score (nSPS) is 16.0. The van der Waals surface area contributed by atoms with Gasteiger partial charge in [-0.15, -0.1) is 0 Å². The van der Waals surface area contributed by atoms with Gasteiger partial charge in [-0.2, -0.15) is 5.10 Å². The van der Waals surface area contributed by atoms with Gasteiger partial charge in [0, 0.05) is 47.0 Å². The molecule has 10 heteroatoms. The first-order valence-corrected chi connectivity index (χ1v) is 16.8. The van der Waals surface area contributed by atoms with Gasteiger partial charge in [0.2, 0.25) is 0 Å². The predicted molar refractivity (Wildman–Crippen MR) is 170 cm³/mol. The molecule has 2 aromatic carbocycles. The van der Waals surface area contributed by atoms with E-state index < -0.39 is 15.7 Å². The quantitative estimate of drug-likeness (QED) is 0.302. The van der Waals surface area contributed by atoms with Crippen molar-refractivity contribution in [3.63, 3.8) is 0 Å². The number of nitrogens with one attached hydrogen (secondary N) is 1. The summed E-state index contributed by atoms with van der Waals surface area (Å²) in [5, 5.41) is 14.9. The summed E-state index contributed by atoms with van der Waals surface area (Å²) < 4.78 is 17.0. The fourth-order valence-corrected chi connectivity index (χ4v) is 5.97. The van der Waals surface area contributed by atoms with E-state index in [9.17, 15) is 18.9 Å². The van der Waals surface area contributed by atoms with Crippen molar-refractivity contribution in [2.45, 2.75) is 65.5 Å². The van der Waals surface area contributed by atoms with Crippen molar-refractivity contribution in [2.24, 2.45) is 0 Å². The summed E-state index contributed by atoms with van der Waals surface area (Å²) >= 11 is 0. The first-order chi connectivity index (χ1) is 20.1. The van der Waals surface area contributed by atoms with E-state index >= 15 is 0 Å². The van der Waals surface area contributed by atoms with Crippen LogP contribution >= 0.6 is 0 Å². The molecule has 0 spiro atoms. The van der Waals surface area contributed by atoms with Crippen LogP contribution in [0.15, 0.2) is 48.5 Å². The Kier molecular flexibility index (Phi) is 10.1. The summed E-state index contributed by atoms with van der Waals surface area (Å²) in [4.78, 5) is 31.3. The Morgan fingerprint density at radius 1 is 1.10 bits per heavy atom. The summed E-state index contributed by atoms with van der Waals surface area (Å²) in [6, 6.07) is 14.4. The number of hydrogen-bond donors (Lipinski definition) is 2. The average molecular weight is 594 g/mol. The van der Waals surface area contributed by atoms with E-state index in [0.717, 1.165) is 36.8 Å². The third-order valence-electron chi connectivity index (χ3n) is 7.57.